The number of nitrogens with two attached hydrogens (primary N) is 1. The summed E-state index contributed by atoms with van der Waals surface area (Å²) in [6.45, 7) is 2.50. The summed E-state index contributed by atoms with van der Waals surface area (Å²) in [5, 5.41) is 2.75. The molecule has 0 spiro atoms. The number of nitrogens with one attached hydrogen (secondary N) is 1. The molecule has 0 aromatic carbocycles. The van der Waals surface area contributed by atoms with Gasteiger partial charge < -0.3 is 20.9 Å². The van der Waals surface area contributed by atoms with Gasteiger partial charge in [-0.15, -0.1) is 0 Å². The van der Waals surface area contributed by atoms with Crippen molar-refractivity contribution in [2.24, 2.45) is 0 Å². The predicted molar refractivity (Wildman–Crippen MR) is 115 cm³/mol. The normalized spacial score (nSPS) is 19.3. The number of ketones is 1. The van der Waals surface area contributed by atoms with E-state index in [0.29, 0.717) is 49.6 Å². The van der Waals surface area contributed by atoms with E-state index >= 15 is 0 Å². The second-order valence-corrected chi connectivity index (χ2v) is 7.47. The number of anilines is 2. The maximum atomic E-state index is 12.8. The van der Waals surface area contributed by atoms with E-state index in [0.717, 1.165) is 13.0 Å². The Morgan fingerprint density at radius 2 is 2.00 bits per heavy atom. The Labute approximate surface area is 177 Å². The number of hydrogen-bond acceptors (Lipinski definition) is 7. The number of rotatable bonds is 4. The van der Waals surface area contributed by atoms with Crippen LogP contribution in [0.2, 0.25) is 0 Å². The first-order valence-corrected chi connectivity index (χ1v) is 10.1. The smallest absolute Gasteiger partial charge is 0.245 e. The molecular formula is C21H28N6O3. The summed E-state index contributed by atoms with van der Waals surface area (Å²) >= 11 is 0. The van der Waals surface area contributed by atoms with E-state index in [4.69, 9.17) is 5.73 Å². The van der Waals surface area contributed by atoms with Gasteiger partial charge in [-0.3, -0.25) is 14.4 Å². The summed E-state index contributed by atoms with van der Waals surface area (Å²) < 4.78 is 0. The fourth-order valence-electron chi connectivity index (χ4n) is 3.86. The fourth-order valence-corrected chi connectivity index (χ4v) is 3.86. The van der Waals surface area contributed by atoms with Gasteiger partial charge in [-0.1, -0.05) is 6.07 Å². The van der Waals surface area contributed by atoms with Gasteiger partial charge in [-0.2, -0.15) is 0 Å². The molecule has 2 aromatic rings. The molecule has 0 bridgehead atoms. The molecule has 9 nitrogen and oxygen atoms in total. The highest BCUT2D eigenvalue weighted by Gasteiger charge is 2.31. The second kappa shape index (κ2) is 8.48. The minimum absolute atomic E-state index is 0. The molecule has 2 aliphatic rings. The Hall–Kier alpha value is -3.49. The Bertz CT molecular complexity index is 990. The third-order valence-corrected chi connectivity index (χ3v) is 5.48. The molecule has 4 heterocycles. The Morgan fingerprint density at radius 1 is 1.13 bits per heavy atom. The Balaban J connectivity index is 0.00000181. The maximum absolute atomic E-state index is 12.8. The third-order valence-electron chi connectivity index (χ3n) is 5.48. The molecule has 160 valence electrons. The van der Waals surface area contributed by atoms with E-state index in [1.807, 2.05) is 11.0 Å². The first-order chi connectivity index (χ1) is 14.5. The molecule has 2 amide bonds. The average Bonchev–Trinajstić information content (AvgIpc) is 3.05. The van der Waals surface area contributed by atoms with Gasteiger partial charge in [0.05, 0.1) is 5.56 Å². The van der Waals surface area contributed by atoms with Crippen molar-refractivity contribution in [3.63, 3.8) is 0 Å². The van der Waals surface area contributed by atoms with Crippen LogP contribution in [0.4, 0.5) is 11.6 Å². The zero-order chi connectivity index (χ0) is 21.1. The quantitative estimate of drug-likeness (QED) is 0.721. The number of aromatic nitrogens is 2. The molecule has 2 saturated heterocycles. The standard InChI is InChI=1S/C21H24N6O3.2H2/c22-20-14(4-2-9-23-20)19(29)15-5-1-6-17(24-15)26-10-3-11-27(13-12-26)21(30)16-7-8-18(28)25-16;;/h1-2,4-6,9,16H,3,7-8,10-13H2,(H2,22,23)(H,25,28);2*1H. The number of carbonyl (C=O) groups is 3. The van der Waals surface area contributed by atoms with Crippen LogP contribution in [0, 0.1) is 0 Å². The molecular weight excluding hydrogens is 384 g/mol. The van der Waals surface area contributed by atoms with Crippen LogP contribution in [0.3, 0.4) is 0 Å². The lowest BCUT2D eigenvalue weighted by atomic mass is 10.1. The number of nitrogens with zero attached hydrogens (tertiary/aromatic N) is 4. The highest BCUT2D eigenvalue weighted by molar-refractivity contribution is 6.10. The van der Waals surface area contributed by atoms with E-state index in [9.17, 15) is 14.4 Å². The molecule has 2 aliphatic heterocycles. The number of amides is 2. The van der Waals surface area contributed by atoms with Gasteiger partial charge in [0.15, 0.2) is 0 Å². The summed E-state index contributed by atoms with van der Waals surface area (Å²) in [5.74, 6) is 0.506. The van der Waals surface area contributed by atoms with Crippen LogP contribution in [0.25, 0.3) is 0 Å². The SMILES string of the molecule is Nc1ncccc1C(=O)c1cccc(N2CCCN(C(=O)C3CCC(=O)N3)CC2)n1.[HH].[HH]. The maximum Gasteiger partial charge on any atom is 0.245 e. The van der Waals surface area contributed by atoms with Gasteiger partial charge in [-0.25, -0.2) is 9.97 Å². The van der Waals surface area contributed by atoms with Gasteiger partial charge in [-0.05, 0) is 37.1 Å². The van der Waals surface area contributed by atoms with Crippen LogP contribution in [0.5, 0.6) is 0 Å². The minimum Gasteiger partial charge on any atom is -0.383 e. The fraction of sp³-hybridized carbons (Fsp3) is 0.381. The first kappa shape index (κ1) is 19.8. The summed E-state index contributed by atoms with van der Waals surface area (Å²) in [6, 6.07) is 8.21. The summed E-state index contributed by atoms with van der Waals surface area (Å²) in [4.78, 5) is 49.3. The van der Waals surface area contributed by atoms with E-state index in [-0.39, 0.29) is 26.3 Å². The highest BCUT2D eigenvalue weighted by Crippen LogP contribution is 2.19. The van der Waals surface area contributed by atoms with E-state index in [1.165, 1.54) is 6.20 Å². The van der Waals surface area contributed by atoms with Gasteiger partial charge in [0.25, 0.3) is 0 Å². The lowest BCUT2D eigenvalue weighted by Crippen LogP contribution is -2.45. The molecule has 30 heavy (non-hydrogen) atoms. The second-order valence-electron chi connectivity index (χ2n) is 7.47. The lowest BCUT2D eigenvalue weighted by molar-refractivity contribution is -0.134. The molecule has 3 N–H and O–H groups in total. The van der Waals surface area contributed by atoms with E-state index < -0.39 is 6.04 Å². The highest BCUT2D eigenvalue weighted by atomic mass is 16.2. The minimum atomic E-state index is -0.409. The van der Waals surface area contributed by atoms with Crippen LogP contribution in [-0.4, -0.2) is 64.7 Å². The van der Waals surface area contributed by atoms with Gasteiger partial charge in [0, 0.05) is 41.6 Å². The summed E-state index contributed by atoms with van der Waals surface area (Å²) in [6.07, 6.45) is 3.28. The van der Waals surface area contributed by atoms with Crippen molar-refractivity contribution in [1.82, 2.24) is 20.2 Å². The molecule has 9 heteroatoms. The monoisotopic (exact) mass is 412 g/mol. The topological polar surface area (TPSA) is 122 Å². The van der Waals surface area contributed by atoms with Crippen molar-refractivity contribution in [2.45, 2.75) is 25.3 Å². The van der Waals surface area contributed by atoms with Crippen LogP contribution in [0.15, 0.2) is 36.5 Å². The van der Waals surface area contributed by atoms with Crippen molar-refractivity contribution in [3.8, 4) is 0 Å². The summed E-state index contributed by atoms with van der Waals surface area (Å²) in [7, 11) is 0. The Morgan fingerprint density at radius 3 is 2.77 bits per heavy atom. The number of hydrogen-bond donors (Lipinski definition) is 2. The lowest BCUT2D eigenvalue weighted by Gasteiger charge is -2.25. The molecule has 0 saturated carbocycles. The molecule has 1 unspecified atom stereocenters. The molecule has 1 atom stereocenters. The van der Waals surface area contributed by atoms with Crippen molar-refractivity contribution in [2.75, 3.05) is 36.8 Å². The van der Waals surface area contributed by atoms with Crippen LogP contribution in [0.1, 0.15) is 38.2 Å². The zero-order valence-electron chi connectivity index (χ0n) is 16.6. The first-order valence-electron chi connectivity index (χ1n) is 10.1. The Kier molecular flexibility index (Phi) is 5.60. The summed E-state index contributed by atoms with van der Waals surface area (Å²) in [5.41, 5.74) is 6.46. The average molecular weight is 412 g/mol. The molecule has 2 aromatic heterocycles. The molecule has 4 rings (SSSR count). The van der Waals surface area contributed by atoms with E-state index in [1.54, 1.807) is 24.3 Å². The van der Waals surface area contributed by atoms with Gasteiger partial charge in [0.2, 0.25) is 17.6 Å². The number of nitrogen functional groups attached to an aromatic ring is 1. The largest absolute Gasteiger partial charge is 0.383 e. The molecule has 0 aliphatic carbocycles. The number of carbonyl (C=O) groups excluding carboxylic acids is 3. The van der Waals surface area contributed by atoms with Crippen LogP contribution in [-0.2, 0) is 9.59 Å². The van der Waals surface area contributed by atoms with Crippen LogP contribution >= 0.6 is 0 Å². The van der Waals surface area contributed by atoms with Crippen molar-refractivity contribution < 1.29 is 17.2 Å². The molecule has 0 radical (unpaired) electrons. The predicted octanol–water partition coefficient (Wildman–Crippen LogP) is 1.10. The van der Waals surface area contributed by atoms with Crippen molar-refractivity contribution >= 4 is 29.2 Å². The molecule has 2 fully saturated rings. The van der Waals surface area contributed by atoms with Crippen LogP contribution < -0.4 is 16.0 Å². The van der Waals surface area contributed by atoms with Crippen molar-refractivity contribution in [3.05, 3.63) is 47.8 Å². The van der Waals surface area contributed by atoms with Crippen molar-refractivity contribution in [1.29, 1.82) is 0 Å². The zero-order valence-corrected chi connectivity index (χ0v) is 16.6. The third kappa shape index (κ3) is 4.10. The van der Waals surface area contributed by atoms with Gasteiger partial charge >= 0.3 is 0 Å². The van der Waals surface area contributed by atoms with E-state index in [2.05, 4.69) is 20.2 Å². The van der Waals surface area contributed by atoms with Gasteiger partial charge in [0.1, 0.15) is 23.4 Å². The number of pyridine rings is 2.